The van der Waals surface area contributed by atoms with Gasteiger partial charge in [-0.3, -0.25) is 4.79 Å². The van der Waals surface area contributed by atoms with Gasteiger partial charge in [-0.1, -0.05) is 0 Å². The van der Waals surface area contributed by atoms with E-state index in [2.05, 4.69) is 10.0 Å². The Hall–Kier alpha value is -3.19. The molecule has 0 atom stereocenters. The Morgan fingerprint density at radius 3 is 2.37 bits per heavy atom. The van der Waals surface area contributed by atoms with E-state index in [4.69, 9.17) is 9.47 Å². The Labute approximate surface area is 159 Å². The van der Waals surface area contributed by atoms with E-state index in [0.29, 0.717) is 22.7 Å². The van der Waals surface area contributed by atoms with Crippen LogP contribution in [0.3, 0.4) is 0 Å². The fourth-order valence-electron chi connectivity index (χ4n) is 2.49. The molecule has 0 bridgehead atoms. The van der Waals surface area contributed by atoms with E-state index in [1.54, 1.807) is 42.5 Å². The second-order valence-electron chi connectivity index (χ2n) is 5.76. The highest BCUT2D eigenvalue weighted by Crippen LogP contribution is 2.34. The van der Waals surface area contributed by atoms with Gasteiger partial charge in [0.25, 0.3) is 5.91 Å². The first-order valence-corrected chi connectivity index (χ1v) is 8.98. The van der Waals surface area contributed by atoms with Crippen molar-refractivity contribution >= 4 is 29.2 Å². The van der Waals surface area contributed by atoms with Crippen molar-refractivity contribution in [1.29, 1.82) is 0 Å². The molecule has 3 aromatic rings. The lowest BCUT2D eigenvalue weighted by Crippen LogP contribution is -2.11. The van der Waals surface area contributed by atoms with Gasteiger partial charge in [-0.25, -0.2) is 4.39 Å². The highest BCUT2D eigenvalue weighted by Gasteiger charge is 2.14. The predicted molar refractivity (Wildman–Crippen MR) is 103 cm³/mol. The summed E-state index contributed by atoms with van der Waals surface area (Å²) in [7, 11) is 0. The summed E-state index contributed by atoms with van der Waals surface area (Å²) in [5, 5.41) is 2.83. The summed E-state index contributed by atoms with van der Waals surface area (Å²) in [4.78, 5) is 13.3. The zero-order valence-corrected chi connectivity index (χ0v) is 14.9. The van der Waals surface area contributed by atoms with Crippen LogP contribution < -0.4 is 19.5 Å². The molecule has 1 aliphatic rings. The van der Waals surface area contributed by atoms with Crippen LogP contribution in [0.5, 0.6) is 11.5 Å². The first-order valence-electron chi connectivity index (χ1n) is 8.17. The lowest BCUT2D eigenvalue weighted by molar-refractivity contribution is 0.102. The molecule has 0 aromatic heterocycles. The number of anilines is 2. The van der Waals surface area contributed by atoms with E-state index in [0.717, 1.165) is 10.6 Å². The van der Waals surface area contributed by atoms with Crippen LogP contribution in [0.4, 0.5) is 15.8 Å². The minimum absolute atomic E-state index is 0.192. The maximum Gasteiger partial charge on any atom is 0.255 e. The summed E-state index contributed by atoms with van der Waals surface area (Å²) >= 11 is 1.37. The monoisotopic (exact) mass is 382 g/mol. The van der Waals surface area contributed by atoms with E-state index >= 15 is 0 Å². The number of hydrogen-bond acceptors (Lipinski definition) is 5. The first kappa shape index (κ1) is 17.2. The summed E-state index contributed by atoms with van der Waals surface area (Å²) in [5.41, 5.74) is 2.01. The van der Waals surface area contributed by atoms with Crippen molar-refractivity contribution < 1.29 is 18.7 Å². The van der Waals surface area contributed by atoms with Crippen molar-refractivity contribution in [1.82, 2.24) is 0 Å². The average molecular weight is 382 g/mol. The molecule has 5 nitrogen and oxygen atoms in total. The third-order valence-corrected chi connectivity index (χ3v) is 4.72. The topological polar surface area (TPSA) is 59.6 Å². The number of carbonyl (C=O) groups excluding carboxylic acids is 1. The van der Waals surface area contributed by atoms with Crippen LogP contribution in [0.2, 0.25) is 0 Å². The third-order valence-electron chi connectivity index (χ3n) is 3.88. The Morgan fingerprint density at radius 1 is 0.889 bits per heavy atom. The van der Waals surface area contributed by atoms with Crippen LogP contribution in [-0.2, 0) is 0 Å². The molecule has 27 heavy (non-hydrogen) atoms. The zero-order chi connectivity index (χ0) is 18.6. The summed E-state index contributed by atoms with van der Waals surface area (Å²) in [6.45, 7) is 0.192. The van der Waals surface area contributed by atoms with Gasteiger partial charge < -0.3 is 19.5 Å². The lowest BCUT2D eigenvalue weighted by Gasteiger charge is -2.08. The summed E-state index contributed by atoms with van der Waals surface area (Å²) in [5.74, 6) is 0.802. The molecule has 1 heterocycles. The van der Waals surface area contributed by atoms with Crippen molar-refractivity contribution in [2.45, 2.75) is 4.90 Å². The highest BCUT2D eigenvalue weighted by molar-refractivity contribution is 8.00. The first-order chi connectivity index (χ1) is 13.2. The molecular weight excluding hydrogens is 367 g/mol. The van der Waals surface area contributed by atoms with Crippen molar-refractivity contribution in [3.05, 3.63) is 78.1 Å². The molecule has 1 aliphatic heterocycles. The van der Waals surface area contributed by atoms with Crippen molar-refractivity contribution in [2.75, 3.05) is 16.8 Å². The van der Waals surface area contributed by atoms with E-state index in [1.807, 2.05) is 12.1 Å². The van der Waals surface area contributed by atoms with Crippen LogP contribution in [0, 0.1) is 5.82 Å². The number of halogens is 1. The molecule has 136 valence electrons. The van der Waals surface area contributed by atoms with Gasteiger partial charge >= 0.3 is 0 Å². The maximum atomic E-state index is 12.9. The molecule has 1 amide bonds. The van der Waals surface area contributed by atoms with Gasteiger partial charge in [-0.15, -0.1) is 0 Å². The predicted octanol–water partition coefficient (Wildman–Crippen LogP) is 4.93. The second-order valence-corrected chi connectivity index (χ2v) is 6.64. The Balaban J connectivity index is 1.36. The smallest absolute Gasteiger partial charge is 0.255 e. The van der Waals surface area contributed by atoms with Crippen LogP contribution in [0.25, 0.3) is 0 Å². The molecule has 2 N–H and O–H groups in total. The van der Waals surface area contributed by atoms with Crippen molar-refractivity contribution in [3.63, 3.8) is 0 Å². The number of nitrogens with one attached hydrogen (secondary N) is 2. The Morgan fingerprint density at radius 2 is 1.59 bits per heavy atom. The fraction of sp³-hybridized carbons (Fsp3) is 0.0500. The molecular formula is C20H15FN2O3S. The molecule has 4 rings (SSSR count). The minimum atomic E-state index is -0.267. The van der Waals surface area contributed by atoms with E-state index in [9.17, 15) is 9.18 Å². The number of carbonyl (C=O) groups is 1. The third kappa shape index (κ3) is 4.15. The van der Waals surface area contributed by atoms with Gasteiger partial charge in [0.2, 0.25) is 6.79 Å². The summed E-state index contributed by atoms with van der Waals surface area (Å²) in [6.07, 6.45) is 0. The largest absolute Gasteiger partial charge is 0.454 e. The summed E-state index contributed by atoms with van der Waals surface area (Å²) < 4.78 is 26.6. The molecule has 0 saturated heterocycles. The highest BCUT2D eigenvalue weighted by atomic mass is 32.2. The summed E-state index contributed by atoms with van der Waals surface area (Å²) in [6, 6.07) is 18.6. The van der Waals surface area contributed by atoms with E-state index < -0.39 is 0 Å². The SMILES string of the molecule is O=C(Nc1ccc2c(c1)OCO2)c1ccc(NSc2ccc(F)cc2)cc1. The van der Waals surface area contributed by atoms with Gasteiger partial charge in [0.15, 0.2) is 11.5 Å². The van der Waals surface area contributed by atoms with Crippen LogP contribution in [-0.4, -0.2) is 12.7 Å². The van der Waals surface area contributed by atoms with Crippen molar-refractivity contribution in [3.8, 4) is 11.5 Å². The quantitative estimate of drug-likeness (QED) is 0.613. The van der Waals surface area contributed by atoms with Gasteiger partial charge in [-0.05, 0) is 72.6 Å². The number of ether oxygens (including phenoxy) is 2. The lowest BCUT2D eigenvalue weighted by atomic mass is 10.2. The van der Waals surface area contributed by atoms with Crippen molar-refractivity contribution in [2.24, 2.45) is 0 Å². The van der Waals surface area contributed by atoms with Gasteiger partial charge in [0.05, 0.1) is 0 Å². The van der Waals surface area contributed by atoms with E-state index in [-0.39, 0.29) is 18.5 Å². The molecule has 0 unspecified atom stereocenters. The number of amides is 1. The van der Waals surface area contributed by atoms with Gasteiger partial charge in [-0.2, -0.15) is 0 Å². The molecule has 0 fully saturated rings. The number of fused-ring (bicyclic) bond motifs is 1. The standard InChI is InChI=1S/C20H15FN2O3S/c21-14-3-8-17(9-4-14)27-23-15-5-1-13(2-6-15)20(24)22-16-7-10-18-19(11-16)26-12-25-18/h1-11,23H,12H2,(H,22,24). The molecule has 0 spiro atoms. The fourth-order valence-corrected chi connectivity index (χ4v) is 3.13. The van der Waals surface area contributed by atoms with Gasteiger partial charge in [0.1, 0.15) is 5.82 Å². The zero-order valence-electron chi connectivity index (χ0n) is 14.1. The Kier molecular flexibility index (Phi) is 4.84. The van der Waals surface area contributed by atoms with Gasteiger partial charge in [0, 0.05) is 27.9 Å². The number of rotatable bonds is 5. The second kappa shape index (κ2) is 7.59. The average Bonchev–Trinajstić information content (AvgIpc) is 3.16. The molecule has 3 aromatic carbocycles. The Bertz CT molecular complexity index is 962. The number of hydrogen-bond donors (Lipinski definition) is 2. The minimum Gasteiger partial charge on any atom is -0.454 e. The molecule has 7 heteroatoms. The van der Waals surface area contributed by atoms with Crippen LogP contribution >= 0.6 is 11.9 Å². The number of benzene rings is 3. The van der Waals surface area contributed by atoms with E-state index in [1.165, 1.54) is 24.1 Å². The maximum absolute atomic E-state index is 12.9. The molecule has 0 aliphatic carbocycles. The van der Waals surface area contributed by atoms with Crippen LogP contribution in [0.15, 0.2) is 71.6 Å². The normalized spacial score (nSPS) is 11.9. The molecule has 0 radical (unpaired) electrons. The molecule has 0 saturated carbocycles. The van der Waals surface area contributed by atoms with Crippen LogP contribution in [0.1, 0.15) is 10.4 Å².